The van der Waals surface area contributed by atoms with Gasteiger partial charge in [-0.1, -0.05) is 52.0 Å². The molecule has 0 radical (unpaired) electrons. The zero-order valence-corrected chi connectivity index (χ0v) is 12.3. The summed E-state index contributed by atoms with van der Waals surface area (Å²) in [6.07, 6.45) is 0.945. The summed E-state index contributed by atoms with van der Waals surface area (Å²) in [7, 11) is 0. The van der Waals surface area contributed by atoms with E-state index in [0.29, 0.717) is 0 Å². The van der Waals surface area contributed by atoms with Gasteiger partial charge in [0.1, 0.15) is 0 Å². The van der Waals surface area contributed by atoms with Crippen LogP contribution in [0.5, 0.6) is 0 Å². The van der Waals surface area contributed by atoms with E-state index in [1.54, 1.807) is 0 Å². The molecule has 0 aliphatic carbocycles. The van der Waals surface area contributed by atoms with Gasteiger partial charge in [0.05, 0.1) is 6.61 Å². The van der Waals surface area contributed by atoms with Crippen LogP contribution in [-0.2, 0) is 5.41 Å². The SMILES string of the molecule is CCC(CO)NC(C)c1ccc(C(C)(C)C)cc1. The molecular formula is C16H27NO. The third kappa shape index (κ3) is 4.11. The number of aliphatic hydroxyl groups is 1. The van der Waals surface area contributed by atoms with E-state index in [-0.39, 0.29) is 24.1 Å². The molecule has 2 nitrogen and oxygen atoms in total. The van der Waals surface area contributed by atoms with Crippen molar-refractivity contribution >= 4 is 0 Å². The Hall–Kier alpha value is -0.860. The van der Waals surface area contributed by atoms with Gasteiger partial charge in [-0.05, 0) is 29.9 Å². The lowest BCUT2D eigenvalue weighted by Crippen LogP contribution is -2.33. The van der Waals surface area contributed by atoms with E-state index in [1.165, 1.54) is 11.1 Å². The molecule has 1 rings (SSSR count). The van der Waals surface area contributed by atoms with E-state index in [2.05, 4.69) is 64.2 Å². The number of rotatable bonds is 5. The van der Waals surface area contributed by atoms with Crippen LogP contribution < -0.4 is 5.32 Å². The zero-order valence-electron chi connectivity index (χ0n) is 12.3. The van der Waals surface area contributed by atoms with Gasteiger partial charge in [0.25, 0.3) is 0 Å². The topological polar surface area (TPSA) is 32.3 Å². The van der Waals surface area contributed by atoms with E-state index < -0.39 is 0 Å². The molecule has 0 aliphatic rings. The number of aliphatic hydroxyl groups excluding tert-OH is 1. The van der Waals surface area contributed by atoms with Crippen LogP contribution in [0, 0.1) is 0 Å². The van der Waals surface area contributed by atoms with Gasteiger partial charge in [0, 0.05) is 12.1 Å². The summed E-state index contributed by atoms with van der Waals surface area (Å²) in [4.78, 5) is 0. The molecule has 18 heavy (non-hydrogen) atoms. The Morgan fingerprint density at radius 2 is 1.72 bits per heavy atom. The summed E-state index contributed by atoms with van der Waals surface area (Å²) in [6, 6.07) is 9.23. The molecule has 0 fully saturated rings. The predicted octanol–water partition coefficient (Wildman–Crippen LogP) is 3.41. The van der Waals surface area contributed by atoms with E-state index in [4.69, 9.17) is 0 Å². The van der Waals surface area contributed by atoms with Gasteiger partial charge in [0.15, 0.2) is 0 Å². The third-order valence-electron chi connectivity index (χ3n) is 3.48. The summed E-state index contributed by atoms with van der Waals surface area (Å²) in [5.41, 5.74) is 2.83. The highest BCUT2D eigenvalue weighted by atomic mass is 16.3. The van der Waals surface area contributed by atoms with Gasteiger partial charge in [0.2, 0.25) is 0 Å². The second-order valence-corrected chi connectivity index (χ2v) is 6.05. The van der Waals surface area contributed by atoms with Gasteiger partial charge in [-0.15, -0.1) is 0 Å². The highest BCUT2D eigenvalue weighted by Gasteiger charge is 2.15. The van der Waals surface area contributed by atoms with Crippen molar-refractivity contribution in [2.75, 3.05) is 6.61 Å². The van der Waals surface area contributed by atoms with Crippen molar-refractivity contribution in [3.05, 3.63) is 35.4 Å². The van der Waals surface area contributed by atoms with E-state index in [9.17, 15) is 5.11 Å². The molecule has 0 aromatic heterocycles. The van der Waals surface area contributed by atoms with Crippen molar-refractivity contribution in [3.63, 3.8) is 0 Å². The first-order chi connectivity index (χ1) is 8.38. The molecule has 0 amide bonds. The van der Waals surface area contributed by atoms with Crippen LogP contribution in [-0.4, -0.2) is 17.8 Å². The normalized spacial score (nSPS) is 15.4. The van der Waals surface area contributed by atoms with E-state index >= 15 is 0 Å². The Morgan fingerprint density at radius 1 is 1.17 bits per heavy atom. The fourth-order valence-electron chi connectivity index (χ4n) is 2.02. The standard InChI is InChI=1S/C16H27NO/c1-6-15(11-18)17-12(2)13-7-9-14(10-8-13)16(3,4)5/h7-10,12,15,17-18H,6,11H2,1-5H3. The van der Waals surface area contributed by atoms with Gasteiger partial charge >= 0.3 is 0 Å². The van der Waals surface area contributed by atoms with Crippen molar-refractivity contribution in [3.8, 4) is 0 Å². The quantitative estimate of drug-likeness (QED) is 0.838. The second-order valence-electron chi connectivity index (χ2n) is 6.05. The average molecular weight is 249 g/mol. The predicted molar refractivity (Wildman–Crippen MR) is 77.9 cm³/mol. The molecule has 1 aromatic rings. The molecule has 1 aromatic carbocycles. The summed E-state index contributed by atoms with van der Waals surface area (Å²) in [6.45, 7) is 11.1. The first-order valence-corrected chi connectivity index (χ1v) is 6.85. The van der Waals surface area contributed by atoms with Crippen molar-refractivity contribution in [1.29, 1.82) is 0 Å². The van der Waals surface area contributed by atoms with Gasteiger partial charge in [-0.3, -0.25) is 0 Å². The van der Waals surface area contributed by atoms with Crippen LogP contribution in [0.4, 0.5) is 0 Å². The fourth-order valence-corrected chi connectivity index (χ4v) is 2.02. The number of hydrogen-bond acceptors (Lipinski definition) is 2. The molecule has 0 bridgehead atoms. The molecule has 2 unspecified atom stereocenters. The highest BCUT2D eigenvalue weighted by Crippen LogP contribution is 2.24. The van der Waals surface area contributed by atoms with Crippen LogP contribution >= 0.6 is 0 Å². The Kier molecular flexibility index (Phi) is 5.36. The maximum absolute atomic E-state index is 9.21. The smallest absolute Gasteiger partial charge is 0.0584 e. The molecule has 0 saturated carbocycles. The Bertz CT molecular complexity index is 346. The Balaban J connectivity index is 2.73. The lowest BCUT2D eigenvalue weighted by Gasteiger charge is -2.23. The molecule has 2 N–H and O–H groups in total. The molecule has 0 aliphatic heterocycles. The minimum absolute atomic E-state index is 0.183. The summed E-state index contributed by atoms with van der Waals surface area (Å²) >= 11 is 0. The molecule has 102 valence electrons. The molecule has 0 heterocycles. The monoisotopic (exact) mass is 249 g/mol. The van der Waals surface area contributed by atoms with E-state index in [1.807, 2.05) is 0 Å². The fraction of sp³-hybridized carbons (Fsp3) is 0.625. The average Bonchev–Trinajstić information content (AvgIpc) is 2.34. The summed E-state index contributed by atoms with van der Waals surface area (Å²) in [5.74, 6) is 0. The van der Waals surface area contributed by atoms with E-state index in [0.717, 1.165) is 6.42 Å². The minimum Gasteiger partial charge on any atom is -0.395 e. The van der Waals surface area contributed by atoms with Gasteiger partial charge < -0.3 is 10.4 Å². The van der Waals surface area contributed by atoms with Crippen molar-refractivity contribution < 1.29 is 5.11 Å². The number of benzene rings is 1. The van der Waals surface area contributed by atoms with Crippen LogP contribution in [0.1, 0.15) is 58.2 Å². The minimum atomic E-state index is 0.183. The molecule has 2 atom stereocenters. The van der Waals surface area contributed by atoms with Crippen molar-refractivity contribution in [2.45, 2.75) is 58.5 Å². The zero-order chi connectivity index (χ0) is 13.8. The first kappa shape index (κ1) is 15.2. The number of hydrogen-bond donors (Lipinski definition) is 2. The van der Waals surface area contributed by atoms with Crippen molar-refractivity contribution in [1.82, 2.24) is 5.32 Å². The second kappa shape index (κ2) is 6.35. The molecule has 0 spiro atoms. The molecule has 0 saturated heterocycles. The maximum atomic E-state index is 9.21. The lowest BCUT2D eigenvalue weighted by atomic mass is 9.86. The molecular weight excluding hydrogens is 222 g/mol. The van der Waals surface area contributed by atoms with Crippen molar-refractivity contribution in [2.24, 2.45) is 0 Å². The Morgan fingerprint density at radius 3 is 2.11 bits per heavy atom. The first-order valence-electron chi connectivity index (χ1n) is 6.85. The largest absolute Gasteiger partial charge is 0.395 e. The summed E-state index contributed by atoms with van der Waals surface area (Å²) < 4.78 is 0. The van der Waals surface area contributed by atoms with Gasteiger partial charge in [-0.25, -0.2) is 0 Å². The van der Waals surface area contributed by atoms with Crippen LogP contribution in [0.3, 0.4) is 0 Å². The maximum Gasteiger partial charge on any atom is 0.0584 e. The van der Waals surface area contributed by atoms with Gasteiger partial charge in [-0.2, -0.15) is 0 Å². The third-order valence-corrected chi connectivity index (χ3v) is 3.48. The number of nitrogens with one attached hydrogen (secondary N) is 1. The summed E-state index contributed by atoms with van der Waals surface area (Å²) in [5, 5.41) is 12.7. The highest BCUT2D eigenvalue weighted by molar-refractivity contribution is 5.29. The molecule has 2 heteroatoms. The van der Waals surface area contributed by atoms with Crippen LogP contribution in [0.25, 0.3) is 0 Å². The van der Waals surface area contributed by atoms with Crippen LogP contribution in [0.2, 0.25) is 0 Å². The lowest BCUT2D eigenvalue weighted by molar-refractivity contribution is 0.230. The van der Waals surface area contributed by atoms with Crippen LogP contribution in [0.15, 0.2) is 24.3 Å². The Labute approximate surface area is 111 Å².